The van der Waals surface area contributed by atoms with Crippen molar-refractivity contribution in [2.24, 2.45) is 0 Å². The molecule has 1 aromatic carbocycles. The molecule has 0 aliphatic carbocycles. The van der Waals surface area contributed by atoms with E-state index in [4.69, 9.17) is 0 Å². The number of benzene rings is 1. The van der Waals surface area contributed by atoms with Crippen LogP contribution in [0.5, 0.6) is 0 Å². The van der Waals surface area contributed by atoms with Crippen LogP contribution in [-0.2, 0) is 13.1 Å². The van der Waals surface area contributed by atoms with Gasteiger partial charge >= 0.3 is 5.97 Å². The second kappa shape index (κ2) is 7.19. The number of para-hydroxylation sites is 1. The van der Waals surface area contributed by atoms with Gasteiger partial charge in [0.15, 0.2) is 17.2 Å². The van der Waals surface area contributed by atoms with E-state index in [1.807, 2.05) is 0 Å². The van der Waals surface area contributed by atoms with Crippen molar-refractivity contribution in [3.8, 4) is 5.69 Å². The fourth-order valence-corrected chi connectivity index (χ4v) is 3.10. The largest absolute Gasteiger partial charge is 0.477 e. The minimum atomic E-state index is -1.19. The minimum Gasteiger partial charge on any atom is -0.477 e. The zero-order chi connectivity index (χ0) is 20.5. The van der Waals surface area contributed by atoms with Crippen molar-refractivity contribution in [1.82, 2.24) is 34.8 Å². The van der Waals surface area contributed by atoms with E-state index in [0.29, 0.717) is 24.6 Å². The lowest BCUT2D eigenvalue weighted by molar-refractivity contribution is 0.0686. The Kier molecular flexibility index (Phi) is 4.55. The van der Waals surface area contributed by atoms with Gasteiger partial charge in [-0.15, -0.1) is 10.2 Å². The van der Waals surface area contributed by atoms with E-state index in [1.165, 1.54) is 15.6 Å². The lowest BCUT2D eigenvalue weighted by Gasteiger charge is -2.19. The molecule has 148 valence electrons. The van der Waals surface area contributed by atoms with Crippen molar-refractivity contribution >= 4 is 17.8 Å². The Morgan fingerprint density at radius 2 is 2.00 bits per heavy atom. The summed E-state index contributed by atoms with van der Waals surface area (Å²) in [4.78, 5) is 37.6. The molecule has 0 bridgehead atoms. The Morgan fingerprint density at radius 3 is 2.72 bits per heavy atom. The summed E-state index contributed by atoms with van der Waals surface area (Å²) in [5.41, 5.74) is 0.401. The zero-order valence-corrected chi connectivity index (χ0v) is 15.4. The quantitative estimate of drug-likeness (QED) is 0.629. The van der Waals surface area contributed by atoms with Crippen LogP contribution in [0.3, 0.4) is 0 Å². The first kappa shape index (κ1) is 18.3. The van der Waals surface area contributed by atoms with Crippen molar-refractivity contribution in [3.63, 3.8) is 0 Å². The number of fused-ring (bicyclic) bond motifs is 1. The number of rotatable bonds is 5. The summed E-state index contributed by atoms with van der Waals surface area (Å²) >= 11 is 0. The smallest absolute Gasteiger partial charge is 0.354 e. The van der Waals surface area contributed by atoms with Gasteiger partial charge in [0.2, 0.25) is 5.82 Å². The Hall–Kier alpha value is -4.02. The van der Waals surface area contributed by atoms with Gasteiger partial charge in [-0.25, -0.2) is 9.48 Å². The maximum absolute atomic E-state index is 12.8. The first-order chi connectivity index (χ1) is 14.0. The maximum Gasteiger partial charge on any atom is 0.354 e. The van der Waals surface area contributed by atoms with Crippen LogP contribution >= 0.6 is 0 Å². The molecule has 1 aliphatic heterocycles. The predicted molar refractivity (Wildman–Crippen MR) is 98.7 cm³/mol. The molecule has 0 fully saturated rings. The first-order valence-electron chi connectivity index (χ1n) is 8.80. The second-order valence-corrected chi connectivity index (χ2v) is 6.48. The third-order valence-electron chi connectivity index (χ3n) is 4.53. The average molecular weight is 395 g/mol. The maximum atomic E-state index is 12.8. The molecule has 11 heteroatoms. The summed E-state index contributed by atoms with van der Waals surface area (Å²) in [5.74, 6) is -1.31. The highest BCUT2D eigenvalue weighted by Crippen LogP contribution is 2.15. The van der Waals surface area contributed by atoms with E-state index in [2.05, 4.69) is 20.6 Å². The standard InChI is InChI=1S/C18H17N7O4/c1-23(10-14-20-21-15-16(26)19-7-8-24(14)15)17(27)12-9-13(18(28)29)25(22-12)11-5-3-2-4-6-11/h2-6,9H,7-8,10H2,1H3,(H,19,26)(H,28,29). The third kappa shape index (κ3) is 3.33. The molecule has 3 heterocycles. The third-order valence-corrected chi connectivity index (χ3v) is 4.53. The summed E-state index contributed by atoms with van der Waals surface area (Å²) in [5, 5.41) is 24.2. The van der Waals surface area contributed by atoms with Crippen LogP contribution in [0.25, 0.3) is 5.69 Å². The van der Waals surface area contributed by atoms with Gasteiger partial charge in [-0.05, 0) is 12.1 Å². The second-order valence-electron chi connectivity index (χ2n) is 6.48. The number of carboxylic acids is 1. The van der Waals surface area contributed by atoms with Crippen LogP contribution in [0.4, 0.5) is 0 Å². The monoisotopic (exact) mass is 395 g/mol. The molecular weight excluding hydrogens is 378 g/mol. The van der Waals surface area contributed by atoms with Crippen LogP contribution < -0.4 is 5.32 Å². The van der Waals surface area contributed by atoms with E-state index in [-0.39, 0.29) is 29.7 Å². The van der Waals surface area contributed by atoms with E-state index in [0.717, 1.165) is 0 Å². The van der Waals surface area contributed by atoms with Gasteiger partial charge < -0.3 is 19.9 Å². The molecule has 2 aromatic heterocycles. The molecular formula is C18H17N7O4. The molecule has 11 nitrogen and oxygen atoms in total. The van der Waals surface area contributed by atoms with Crippen LogP contribution in [-0.4, -0.2) is 65.9 Å². The van der Waals surface area contributed by atoms with E-state index in [9.17, 15) is 19.5 Å². The van der Waals surface area contributed by atoms with E-state index >= 15 is 0 Å². The van der Waals surface area contributed by atoms with Gasteiger partial charge in [0, 0.05) is 26.2 Å². The molecule has 2 amide bonds. The predicted octanol–water partition coefficient (Wildman–Crippen LogP) is 0.178. The van der Waals surface area contributed by atoms with Crippen molar-refractivity contribution in [2.75, 3.05) is 13.6 Å². The van der Waals surface area contributed by atoms with Crippen molar-refractivity contribution in [3.05, 3.63) is 59.4 Å². The Morgan fingerprint density at radius 1 is 1.24 bits per heavy atom. The number of carbonyl (C=O) groups excluding carboxylic acids is 2. The van der Waals surface area contributed by atoms with Crippen LogP contribution in [0, 0.1) is 0 Å². The van der Waals surface area contributed by atoms with Gasteiger partial charge in [-0.2, -0.15) is 5.10 Å². The summed E-state index contributed by atoms with van der Waals surface area (Å²) in [6, 6.07) is 9.94. The van der Waals surface area contributed by atoms with Gasteiger partial charge in [0.05, 0.1) is 12.2 Å². The molecule has 0 saturated heterocycles. The van der Waals surface area contributed by atoms with E-state index < -0.39 is 11.9 Å². The van der Waals surface area contributed by atoms with Crippen molar-refractivity contribution < 1.29 is 19.5 Å². The number of nitrogens with zero attached hydrogens (tertiary/aromatic N) is 6. The fraction of sp³-hybridized carbons (Fsp3) is 0.222. The molecule has 1 aliphatic rings. The molecule has 0 radical (unpaired) electrons. The Bertz CT molecular complexity index is 1100. The minimum absolute atomic E-state index is 0.00937. The normalized spacial score (nSPS) is 12.9. The number of carboxylic acid groups (broad SMARTS) is 1. The highest BCUT2D eigenvalue weighted by Gasteiger charge is 2.26. The highest BCUT2D eigenvalue weighted by atomic mass is 16.4. The lowest BCUT2D eigenvalue weighted by atomic mass is 10.3. The first-order valence-corrected chi connectivity index (χ1v) is 8.80. The summed E-state index contributed by atoms with van der Waals surface area (Å²) in [7, 11) is 1.55. The number of aromatic carboxylic acids is 1. The molecule has 0 atom stereocenters. The molecule has 2 N–H and O–H groups in total. The van der Waals surface area contributed by atoms with Crippen molar-refractivity contribution in [1.29, 1.82) is 0 Å². The molecule has 0 unspecified atom stereocenters. The number of aromatic nitrogens is 5. The summed E-state index contributed by atoms with van der Waals surface area (Å²) in [6.45, 7) is 1.06. The fourth-order valence-electron chi connectivity index (χ4n) is 3.10. The van der Waals surface area contributed by atoms with Crippen LogP contribution in [0.15, 0.2) is 36.4 Å². The lowest BCUT2D eigenvalue weighted by Crippen LogP contribution is -2.37. The zero-order valence-electron chi connectivity index (χ0n) is 15.4. The van der Waals surface area contributed by atoms with Gasteiger partial charge in [-0.1, -0.05) is 18.2 Å². The van der Waals surface area contributed by atoms with Crippen molar-refractivity contribution in [2.45, 2.75) is 13.1 Å². The van der Waals surface area contributed by atoms with Crippen LogP contribution in [0.2, 0.25) is 0 Å². The Balaban J connectivity index is 1.60. The Labute approximate surface area is 164 Å². The average Bonchev–Trinajstić information content (AvgIpc) is 3.34. The molecule has 4 rings (SSSR count). The van der Waals surface area contributed by atoms with Gasteiger partial charge in [0.1, 0.15) is 0 Å². The summed E-state index contributed by atoms with van der Waals surface area (Å²) in [6.07, 6.45) is 0. The number of nitrogens with one attached hydrogen (secondary N) is 1. The number of amides is 2. The molecule has 0 saturated carbocycles. The SMILES string of the molecule is CN(Cc1nnc2n1CCNC2=O)C(=O)c1cc(C(=O)O)n(-c2ccccc2)n1. The molecule has 0 spiro atoms. The molecule has 29 heavy (non-hydrogen) atoms. The van der Waals surface area contributed by atoms with E-state index in [1.54, 1.807) is 41.9 Å². The van der Waals surface area contributed by atoms with Gasteiger partial charge in [-0.3, -0.25) is 9.59 Å². The number of hydrogen-bond acceptors (Lipinski definition) is 6. The number of hydrogen-bond donors (Lipinski definition) is 2. The highest BCUT2D eigenvalue weighted by molar-refractivity contribution is 5.96. The summed E-state index contributed by atoms with van der Waals surface area (Å²) < 4.78 is 2.88. The van der Waals surface area contributed by atoms with Crippen LogP contribution in [0.1, 0.15) is 37.4 Å². The van der Waals surface area contributed by atoms with Gasteiger partial charge in [0.25, 0.3) is 11.8 Å². The molecule has 3 aromatic rings. The topological polar surface area (TPSA) is 135 Å². The number of carbonyl (C=O) groups is 3.